The second-order valence-electron chi connectivity index (χ2n) is 4.75. The van der Waals surface area contributed by atoms with Gasteiger partial charge >= 0.3 is 0 Å². The van der Waals surface area contributed by atoms with E-state index in [0.717, 1.165) is 18.8 Å². The Morgan fingerprint density at radius 1 is 1.65 bits per heavy atom. The van der Waals surface area contributed by atoms with E-state index in [0.29, 0.717) is 23.0 Å². The largest absolute Gasteiger partial charge is 0.377 e. The minimum absolute atomic E-state index is 0.0732. The highest BCUT2D eigenvalue weighted by atomic mass is 79.9. The van der Waals surface area contributed by atoms with Crippen molar-refractivity contribution in [1.29, 1.82) is 0 Å². The minimum Gasteiger partial charge on any atom is -0.377 e. The fraction of sp³-hybridized carbons (Fsp3) is 0.636. The van der Waals surface area contributed by atoms with E-state index in [4.69, 9.17) is 0 Å². The molecule has 0 aromatic carbocycles. The first-order chi connectivity index (χ1) is 8.08. The van der Waals surface area contributed by atoms with Crippen molar-refractivity contribution in [2.45, 2.75) is 26.4 Å². The molecule has 0 unspecified atom stereocenters. The van der Waals surface area contributed by atoms with Crippen molar-refractivity contribution < 1.29 is 0 Å². The third-order valence-corrected chi connectivity index (χ3v) is 3.43. The predicted molar refractivity (Wildman–Crippen MR) is 71.3 cm³/mol. The summed E-state index contributed by atoms with van der Waals surface area (Å²) in [5.74, 6) is 0.404. The Bertz CT molecular complexity index is 453. The summed E-state index contributed by atoms with van der Waals surface area (Å²) < 4.78 is 2.07. The van der Waals surface area contributed by atoms with E-state index in [9.17, 15) is 4.79 Å². The highest BCUT2D eigenvalue weighted by molar-refractivity contribution is 9.10. The van der Waals surface area contributed by atoms with Gasteiger partial charge in [0.15, 0.2) is 0 Å². The van der Waals surface area contributed by atoms with Gasteiger partial charge in [0.05, 0.1) is 17.9 Å². The van der Waals surface area contributed by atoms with Crippen molar-refractivity contribution in [3.63, 3.8) is 0 Å². The summed E-state index contributed by atoms with van der Waals surface area (Å²) in [5, 5.41) is 10.6. The van der Waals surface area contributed by atoms with Crippen LogP contribution in [0, 0.1) is 5.92 Å². The summed E-state index contributed by atoms with van der Waals surface area (Å²) >= 11 is 3.35. The molecule has 6 heteroatoms. The molecule has 0 bridgehead atoms. The zero-order valence-electron chi connectivity index (χ0n) is 10.0. The summed E-state index contributed by atoms with van der Waals surface area (Å²) in [7, 11) is 0. The molecule has 1 aromatic heterocycles. The molecule has 17 heavy (non-hydrogen) atoms. The van der Waals surface area contributed by atoms with Crippen LogP contribution in [0.5, 0.6) is 0 Å². The Hall–Kier alpha value is -0.880. The molecule has 1 aliphatic heterocycles. The molecule has 2 rings (SSSR count). The topological polar surface area (TPSA) is 59.0 Å². The van der Waals surface area contributed by atoms with Gasteiger partial charge in [-0.15, -0.1) is 0 Å². The number of nitrogens with one attached hydrogen (secondary N) is 2. The average Bonchev–Trinajstić information content (AvgIpc) is 2.21. The maximum Gasteiger partial charge on any atom is 0.283 e. The van der Waals surface area contributed by atoms with Gasteiger partial charge in [0, 0.05) is 19.6 Å². The Kier molecular flexibility index (Phi) is 3.83. The number of hydrogen-bond acceptors (Lipinski definition) is 4. The van der Waals surface area contributed by atoms with Gasteiger partial charge in [-0.2, -0.15) is 5.10 Å². The normalized spacial score (nSPS) is 16.0. The summed E-state index contributed by atoms with van der Waals surface area (Å²) in [6, 6.07) is 0.397. The number of anilines is 1. The van der Waals surface area contributed by atoms with Gasteiger partial charge in [0.2, 0.25) is 0 Å². The number of halogens is 1. The molecule has 1 fully saturated rings. The van der Waals surface area contributed by atoms with Crippen LogP contribution in [0.4, 0.5) is 5.69 Å². The van der Waals surface area contributed by atoms with Crippen LogP contribution in [-0.4, -0.2) is 28.9 Å². The van der Waals surface area contributed by atoms with E-state index in [-0.39, 0.29) is 5.56 Å². The standard InChI is InChI=1S/C11H17BrN4O/c1-7(2)6-16-11(17)10(12)9(5-14-16)15-8-3-13-4-8/h5,7-8,13,15H,3-4,6H2,1-2H3. The molecular formula is C11H17BrN4O. The van der Waals surface area contributed by atoms with Crippen molar-refractivity contribution in [3.8, 4) is 0 Å². The maximum atomic E-state index is 12.0. The first-order valence-electron chi connectivity index (χ1n) is 5.81. The second kappa shape index (κ2) is 5.18. The van der Waals surface area contributed by atoms with E-state index >= 15 is 0 Å². The van der Waals surface area contributed by atoms with Gasteiger partial charge in [-0.3, -0.25) is 4.79 Å². The van der Waals surface area contributed by atoms with Crippen molar-refractivity contribution >= 4 is 21.6 Å². The van der Waals surface area contributed by atoms with Crippen molar-refractivity contribution in [2.24, 2.45) is 5.92 Å². The lowest BCUT2D eigenvalue weighted by Gasteiger charge is -2.29. The lowest BCUT2D eigenvalue weighted by molar-refractivity contribution is 0.458. The van der Waals surface area contributed by atoms with Crippen LogP contribution in [0.3, 0.4) is 0 Å². The van der Waals surface area contributed by atoms with Crippen molar-refractivity contribution in [3.05, 3.63) is 21.0 Å². The summed E-state index contributed by atoms with van der Waals surface area (Å²) in [6.45, 7) is 6.63. The highest BCUT2D eigenvalue weighted by Gasteiger charge is 2.18. The zero-order valence-corrected chi connectivity index (χ0v) is 11.6. The Morgan fingerprint density at radius 2 is 2.35 bits per heavy atom. The average molecular weight is 301 g/mol. The molecule has 2 N–H and O–H groups in total. The Labute approximate surface area is 109 Å². The summed E-state index contributed by atoms with van der Waals surface area (Å²) in [6.07, 6.45) is 1.71. The third-order valence-electron chi connectivity index (χ3n) is 2.66. The molecule has 94 valence electrons. The zero-order chi connectivity index (χ0) is 12.4. The Morgan fingerprint density at radius 3 is 2.88 bits per heavy atom. The SMILES string of the molecule is CC(C)Cn1ncc(NC2CNC2)c(Br)c1=O. The molecule has 5 nitrogen and oxygen atoms in total. The molecule has 2 heterocycles. The van der Waals surface area contributed by atoms with Gasteiger partial charge in [-0.25, -0.2) is 4.68 Å². The highest BCUT2D eigenvalue weighted by Crippen LogP contribution is 2.18. The predicted octanol–water partition coefficient (Wildman–Crippen LogP) is 1.05. The molecule has 1 saturated heterocycles. The fourth-order valence-corrected chi connectivity index (χ4v) is 2.07. The van der Waals surface area contributed by atoms with Gasteiger partial charge in [0.25, 0.3) is 5.56 Å². The molecule has 0 amide bonds. The minimum atomic E-state index is -0.0732. The molecule has 0 atom stereocenters. The number of aromatic nitrogens is 2. The second-order valence-corrected chi connectivity index (χ2v) is 5.55. The molecule has 0 radical (unpaired) electrons. The van der Waals surface area contributed by atoms with Crippen LogP contribution >= 0.6 is 15.9 Å². The smallest absolute Gasteiger partial charge is 0.283 e. The fourth-order valence-electron chi connectivity index (χ4n) is 1.65. The molecular weight excluding hydrogens is 284 g/mol. The molecule has 1 aromatic rings. The van der Waals surface area contributed by atoms with Crippen LogP contribution in [0.15, 0.2) is 15.5 Å². The molecule has 1 aliphatic rings. The van der Waals surface area contributed by atoms with Crippen LogP contribution in [0.1, 0.15) is 13.8 Å². The number of hydrogen-bond donors (Lipinski definition) is 2. The van der Waals surface area contributed by atoms with Crippen LogP contribution in [0.25, 0.3) is 0 Å². The van der Waals surface area contributed by atoms with Gasteiger partial charge in [0.1, 0.15) is 4.47 Å². The molecule has 0 saturated carbocycles. The first-order valence-corrected chi connectivity index (χ1v) is 6.60. The van der Waals surface area contributed by atoms with Crippen LogP contribution in [0.2, 0.25) is 0 Å². The lowest BCUT2D eigenvalue weighted by atomic mass is 10.2. The van der Waals surface area contributed by atoms with Crippen LogP contribution < -0.4 is 16.2 Å². The molecule has 0 spiro atoms. The molecule has 0 aliphatic carbocycles. The van der Waals surface area contributed by atoms with E-state index in [1.807, 2.05) is 0 Å². The third kappa shape index (κ3) is 2.87. The van der Waals surface area contributed by atoms with Crippen molar-refractivity contribution in [2.75, 3.05) is 18.4 Å². The van der Waals surface area contributed by atoms with Crippen molar-refractivity contribution in [1.82, 2.24) is 15.1 Å². The van der Waals surface area contributed by atoms with Gasteiger partial charge in [-0.05, 0) is 21.8 Å². The summed E-state index contributed by atoms with van der Waals surface area (Å²) in [5.41, 5.74) is 0.706. The Balaban J connectivity index is 2.19. The maximum absolute atomic E-state index is 12.0. The first kappa shape index (κ1) is 12.6. The van der Waals surface area contributed by atoms with E-state index in [1.165, 1.54) is 4.68 Å². The van der Waals surface area contributed by atoms with E-state index in [2.05, 4.69) is 45.5 Å². The lowest BCUT2D eigenvalue weighted by Crippen LogP contribution is -2.51. The van der Waals surface area contributed by atoms with E-state index in [1.54, 1.807) is 6.20 Å². The van der Waals surface area contributed by atoms with Crippen LogP contribution in [-0.2, 0) is 6.54 Å². The number of nitrogens with zero attached hydrogens (tertiary/aromatic N) is 2. The number of rotatable bonds is 4. The van der Waals surface area contributed by atoms with Gasteiger partial charge in [-0.1, -0.05) is 13.8 Å². The monoisotopic (exact) mass is 300 g/mol. The quantitative estimate of drug-likeness (QED) is 0.872. The van der Waals surface area contributed by atoms with Gasteiger partial charge < -0.3 is 10.6 Å². The summed E-state index contributed by atoms with van der Waals surface area (Å²) in [4.78, 5) is 12.0. The van der Waals surface area contributed by atoms with E-state index < -0.39 is 0 Å².